The van der Waals surface area contributed by atoms with E-state index in [2.05, 4.69) is 20.5 Å². The molecule has 1 N–H and O–H groups in total. The van der Waals surface area contributed by atoms with E-state index in [1.807, 2.05) is 43.5 Å². The monoisotopic (exact) mass is 378 g/mol. The molecular weight excluding hydrogens is 364 g/mol. The molecule has 0 aliphatic heterocycles. The highest BCUT2D eigenvalue weighted by atomic mass is 35.5. The van der Waals surface area contributed by atoms with E-state index in [-0.39, 0.29) is 12.3 Å². The van der Waals surface area contributed by atoms with Gasteiger partial charge >= 0.3 is 0 Å². The second-order valence-electron chi connectivity index (χ2n) is 5.45. The Balaban J connectivity index is 1.66. The van der Waals surface area contributed by atoms with E-state index in [0.717, 1.165) is 15.6 Å². The molecule has 0 aliphatic rings. The first-order chi connectivity index (χ1) is 11.5. The zero-order valence-corrected chi connectivity index (χ0v) is 15.5. The molecule has 0 fully saturated rings. The summed E-state index contributed by atoms with van der Waals surface area (Å²) < 4.78 is 0. The molecule has 1 amide bonds. The number of carbonyl (C=O) groups excluding carboxylic acids is 1. The van der Waals surface area contributed by atoms with Gasteiger partial charge in [0.2, 0.25) is 11.0 Å². The number of aromatic nitrogens is 3. The number of rotatable bonds is 5. The summed E-state index contributed by atoms with van der Waals surface area (Å²) in [6.07, 6.45) is 0.192. The predicted octanol–water partition coefficient (Wildman–Crippen LogP) is 4.62. The van der Waals surface area contributed by atoms with Crippen molar-refractivity contribution in [1.29, 1.82) is 0 Å². The standard InChI is InChI=1S/C16H15ClN4OS2/c1-9(2)14-20-21-16(24-14)19-13(22)7-10-8-23-15(18-10)11-5-3-4-6-12(11)17/h3-6,8-9H,7H2,1-2H3,(H,19,21,22). The topological polar surface area (TPSA) is 67.8 Å². The SMILES string of the molecule is CC(C)c1nnc(NC(=O)Cc2csc(-c3ccccc3Cl)n2)s1. The van der Waals surface area contributed by atoms with E-state index >= 15 is 0 Å². The Morgan fingerprint density at radius 3 is 2.79 bits per heavy atom. The molecule has 0 radical (unpaired) electrons. The molecule has 2 heterocycles. The Hall–Kier alpha value is -1.83. The Bertz CT molecular complexity index is 859. The number of anilines is 1. The number of thiazole rings is 1. The number of benzene rings is 1. The van der Waals surface area contributed by atoms with Crippen molar-refractivity contribution in [1.82, 2.24) is 15.2 Å². The maximum absolute atomic E-state index is 12.1. The predicted molar refractivity (Wildman–Crippen MR) is 98.9 cm³/mol. The van der Waals surface area contributed by atoms with Gasteiger partial charge in [-0.15, -0.1) is 21.5 Å². The highest BCUT2D eigenvalue weighted by Gasteiger charge is 2.13. The van der Waals surface area contributed by atoms with Crippen molar-refractivity contribution in [3.8, 4) is 10.6 Å². The quantitative estimate of drug-likeness (QED) is 0.703. The summed E-state index contributed by atoms with van der Waals surface area (Å²) in [4.78, 5) is 16.6. The van der Waals surface area contributed by atoms with Crippen LogP contribution in [0, 0.1) is 0 Å². The molecule has 0 unspecified atom stereocenters. The molecular formula is C16H15ClN4OS2. The molecule has 3 rings (SSSR count). The minimum atomic E-state index is -0.155. The summed E-state index contributed by atoms with van der Waals surface area (Å²) >= 11 is 9.05. The molecule has 0 spiro atoms. The summed E-state index contributed by atoms with van der Waals surface area (Å²) in [5.41, 5.74) is 1.59. The molecule has 0 aliphatic carbocycles. The lowest BCUT2D eigenvalue weighted by atomic mass is 10.2. The smallest absolute Gasteiger partial charge is 0.232 e. The first-order valence-corrected chi connectivity index (χ1v) is 9.43. The lowest BCUT2D eigenvalue weighted by molar-refractivity contribution is -0.115. The fourth-order valence-electron chi connectivity index (χ4n) is 1.99. The number of nitrogens with one attached hydrogen (secondary N) is 1. The van der Waals surface area contributed by atoms with Gasteiger partial charge in [0.15, 0.2) is 0 Å². The molecule has 1 aromatic carbocycles. The average Bonchev–Trinajstić information content (AvgIpc) is 3.17. The second-order valence-corrected chi connectivity index (χ2v) is 7.72. The average molecular weight is 379 g/mol. The Morgan fingerprint density at radius 1 is 1.29 bits per heavy atom. The van der Waals surface area contributed by atoms with Crippen LogP contribution >= 0.6 is 34.3 Å². The van der Waals surface area contributed by atoms with E-state index in [4.69, 9.17) is 11.6 Å². The minimum absolute atomic E-state index is 0.155. The van der Waals surface area contributed by atoms with Crippen LogP contribution in [0.5, 0.6) is 0 Å². The minimum Gasteiger partial charge on any atom is -0.300 e. The van der Waals surface area contributed by atoms with Crippen molar-refractivity contribution >= 4 is 45.3 Å². The molecule has 3 aromatic rings. The van der Waals surface area contributed by atoms with E-state index in [9.17, 15) is 4.79 Å². The second kappa shape index (κ2) is 7.38. The molecule has 5 nitrogen and oxygen atoms in total. The lowest BCUT2D eigenvalue weighted by Gasteiger charge is -2.00. The normalized spacial score (nSPS) is 11.0. The van der Waals surface area contributed by atoms with Gasteiger partial charge in [0.1, 0.15) is 10.0 Å². The molecule has 0 saturated carbocycles. The number of halogens is 1. The first-order valence-electron chi connectivity index (χ1n) is 7.35. The van der Waals surface area contributed by atoms with Crippen molar-refractivity contribution in [3.05, 3.63) is 45.4 Å². The third-order valence-electron chi connectivity index (χ3n) is 3.18. The number of hydrogen-bond acceptors (Lipinski definition) is 6. The number of carbonyl (C=O) groups is 1. The summed E-state index contributed by atoms with van der Waals surface area (Å²) in [5.74, 6) is 0.141. The fraction of sp³-hybridized carbons (Fsp3) is 0.250. The van der Waals surface area contributed by atoms with Crippen LogP contribution in [-0.2, 0) is 11.2 Å². The van der Waals surface area contributed by atoms with Gasteiger partial charge in [-0.05, 0) is 6.07 Å². The van der Waals surface area contributed by atoms with Crippen LogP contribution in [0.3, 0.4) is 0 Å². The Kier molecular flexibility index (Phi) is 5.23. The van der Waals surface area contributed by atoms with E-state index in [1.54, 1.807) is 0 Å². The van der Waals surface area contributed by atoms with Crippen molar-refractivity contribution < 1.29 is 4.79 Å². The molecule has 0 saturated heterocycles. The Labute approximate surface area is 152 Å². The van der Waals surface area contributed by atoms with Gasteiger partial charge in [-0.3, -0.25) is 4.79 Å². The molecule has 24 heavy (non-hydrogen) atoms. The van der Waals surface area contributed by atoms with Gasteiger partial charge in [0.25, 0.3) is 0 Å². The van der Waals surface area contributed by atoms with E-state index in [0.29, 0.717) is 21.8 Å². The highest BCUT2D eigenvalue weighted by Crippen LogP contribution is 2.30. The Morgan fingerprint density at radius 2 is 2.08 bits per heavy atom. The zero-order chi connectivity index (χ0) is 17.1. The fourth-order valence-corrected chi connectivity index (χ4v) is 3.89. The van der Waals surface area contributed by atoms with Crippen molar-refractivity contribution in [3.63, 3.8) is 0 Å². The van der Waals surface area contributed by atoms with Crippen LogP contribution in [0.1, 0.15) is 30.5 Å². The first kappa shape index (κ1) is 17.0. The summed E-state index contributed by atoms with van der Waals surface area (Å²) in [5, 5.41) is 15.6. The van der Waals surface area contributed by atoms with Crippen LogP contribution in [-0.4, -0.2) is 21.1 Å². The largest absolute Gasteiger partial charge is 0.300 e. The van der Waals surface area contributed by atoms with Gasteiger partial charge in [0.05, 0.1) is 17.1 Å². The van der Waals surface area contributed by atoms with Crippen LogP contribution in [0.2, 0.25) is 5.02 Å². The van der Waals surface area contributed by atoms with Gasteiger partial charge in [-0.1, -0.05) is 55.0 Å². The van der Waals surface area contributed by atoms with Gasteiger partial charge < -0.3 is 5.32 Å². The third kappa shape index (κ3) is 3.98. The van der Waals surface area contributed by atoms with Crippen LogP contribution < -0.4 is 5.32 Å². The maximum atomic E-state index is 12.1. The molecule has 0 atom stereocenters. The van der Waals surface area contributed by atoms with Crippen LogP contribution in [0.25, 0.3) is 10.6 Å². The van der Waals surface area contributed by atoms with Crippen molar-refractivity contribution in [2.24, 2.45) is 0 Å². The summed E-state index contributed by atoms with van der Waals surface area (Å²) in [7, 11) is 0. The van der Waals surface area contributed by atoms with Gasteiger partial charge in [0, 0.05) is 16.9 Å². The van der Waals surface area contributed by atoms with Crippen LogP contribution in [0.4, 0.5) is 5.13 Å². The summed E-state index contributed by atoms with van der Waals surface area (Å²) in [6, 6.07) is 7.53. The highest BCUT2D eigenvalue weighted by molar-refractivity contribution is 7.15. The van der Waals surface area contributed by atoms with E-state index in [1.165, 1.54) is 22.7 Å². The maximum Gasteiger partial charge on any atom is 0.232 e. The zero-order valence-electron chi connectivity index (χ0n) is 13.1. The number of nitrogens with zero attached hydrogens (tertiary/aromatic N) is 3. The third-order valence-corrected chi connectivity index (χ3v) is 5.57. The van der Waals surface area contributed by atoms with Crippen molar-refractivity contribution in [2.45, 2.75) is 26.2 Å². The molecule has 124 valence electrons. The van der Waals surface area contributed by atoms with Crippen LogP contribution in [0.15, 0.2) is 29.6 Å². The van der Waals surface area contributed by atoms with Crippen molar-refractivity contribution in [2.75, 3.05) is 5.32 Å². The van der Waals surface area contributed by atoms with E-state index < -0.39 is 0 Å². The number of hydrogen-bond donors (Lipinski definition) is 1. The molecule has 8 heteroatoms. The number of amides is 1. The molecule has 0 bridgehead atoms. The van der Waals surface area contributed by atoms with Gasteiger partial charge in [-0.2, -0.15) is 0 Å². The summed E-state index contributed by atoms with van der Waals surface area (Å²) in [6.45, 7) is 4.08. The van der Waals surface area contributed by atoms with Gasteiger partial charge in [-0.25, -0.2) is 4.98 Å². The lowest BCUT2D eigenvalue weighted by Crippen LogP contribution is -2.14. The molecule has 2 aromatic heterocycles.